The Kier molecular flexibility index (Phi) is 8.88. The molecule has 0 fully saturated rings. The van der Waals surface area contributed by atoms with E-state index in [0.717, 1.165) is 0 Å². The van der Waals surface area contributed by atoms with Crippen LogP contribution in [0.25, 0.3) is 6.20 Å². The molecule has 1 atom stereocenters. The number of halogens is 3. The zero-order chi connectivity index (χ0) is 27.3. The predicted molar refractivity (Wildman–Crippen MR) is 140 cm³/mol. The van der Waals surface area contributed by atoms with Gasteiger partial charge in [-0.1, -0.05) is 24.6 Å². The van der Waals surface area contributed by atoms with Gasteiger partial charge in [0.2, 0.25) is 0 Å². The van der Waals surface area contributed by atoms with Crippen LogP contribution in [0.4, 0.5) is 8.78 Å². The number of allylic oxidation sites excluding steroid dienone is 2. The number of nitrogens with zero attached hydrogens (tertiary/aromatic N) is 6. The molecule has 0 aromatic carbocycles. The third kappa shape index (κ3) is 6.84. The summed E-state index contributed by atoms with van der Waals surface area (Å²) < 4.78 is 27.7. The van der Waals surface area contributed by atoms with Crippen LogP contribution in [0.3, 0.4) is 0 Å². The molecule has 0 saturated heterocycles. The highest BCUT2D eigenvalue weighted by Crippen LogP contribution is 2.26. The molecule has 0 aliphatic carbocycles. The fraction of sp³-hybridized carbons (Fsp3) is 0.346. The van der Waals surface area contributed by atoms with Crippen molar-refractivity contribution in [3.63, 3.8) is 0 Å². The average Bonchev–Trinajstić information content (AvgIpc) is 3.31. The minimum atomic E-state index is -2.71. The summed E-state index contributed by atoms with van der Waals surface area (Å²) in [5, 5.41) is 14.0. The van der Waals surface area contributed by atoms with Crippen molar-refractivity contribution < 1.29 is 13.9 Å². The van der Waals surface area contributed by atoms with Crippen molar-refractivity contribution in [1.82, 2.24) is 24.3 Å². The summed E-state index contributed by atoms with van der Waals surface area (Å²) in [6.07, 6.45) is 11.1. The van der Waals surface area contributed by atoms with Crippen LogP contribution in [0, 0.1) is 6.92 Å². The Bertz CT molecular complexity index is 1400. The van der Waals surface area contributed by atoms with Crippen molar-refractivity contribution in [2.45, 2.75) is 59.1 Å². The van der Waals surface area contributed by atoms with Gasteiger partial charge < -0.3 is 5.11 Å². The van der Waals surface area contributed by atoms with Gasteiger partial charge in [0.25, 0.3) is 5.56 Å². The number of hydrogen-bond donors (Lipinski definition) is 1. The minimum absolute atomic E-state index is 0.0438. The highest BCUT2D eigenvalue weighted by atomic mass is 35.5. The molecule has 0 bridgehead atoms. The lowest BCUT2D eigenvalue weighted by molar-refractivity contribution is 0.0565. The molecule has 0 spiro atoms. The molecular formula is C26H29ClF2N6O2. The summed E-state index contributed by atoms with van der Waals surface area (Å²) in [7, 11) is 0. The smallest absolute Gasteiger partial charge is 0.333 e. The zero-order valence-electron chi connectivity index (χ0n) is 21.2. The SMILES string of the molecule is C/C=C/N=C(/C=C/n1c(C)cc(C(C)Cc2cnn(C(F)F)c2)c(Cl)c1=O)c1ccnc(C(C)(C)O)n1. The van der Waals surface area contributed by atoms with Gasteiger partial charge in [0.05, 0.1) is 17.6 Å². The van der Waals surface area contributed by atoms with Crippen molar-refractivity contribution in [3.8, 4) is 0 Å². The molecule has 1 N–H and O–H groups in total. The molecule has 0 aliphatic heterocycles. The highest BCUT2D eigenvalue weighted by Gasteiger charge is 2.21. The molecule has 0 aliphatic rings. The first-order valence-corrected chi connectivity index (χ1v) is 12.0. The number of aliphatic imine (C=N–C) groups is 1. The Morgan fingerprint density at radius 1 is 1.35 bits per heavy atom. The Labute approximate surface area is 218 Å². The van der Waals surface area contributed by atoms with E-state index in [9.17, 15) is 18.7 Å². The van der Waals surface area contributed by atoms with E-state index in [-0.39, 0.29) is 16.8 Å². The van der Waals surface area contributed by atoms with Crippen LogP contribution in [-0.2, 0) is 12.0 Å². The van der Waals surface area contributed by atoms with Crippen molar-refractivity contribution in [3.05, 3.63) is 92.8 Å². The fourth-order valence-corrected chi connectivity index (χ4v) is 3.97. The van der Waals surface area contributed by atoms with Crippen molar-refractivity contribution in [2.24, 2.45) is 4.99 Å². The Morgan fingerprint density at radius 2 is 2.08 bits per heavy atom. The first-order chi connectivity index (χ1) is 17.4. The average molecular weight is 531 g/mol. The maximum Gasteiger partial charge on any atom is 0.333 e. The summed E-state index contributed by atoms with van der Waals surface area (Å²) >= 11 is 6.48. The third-order valence-electron chi connectivity index (χ3n) is 5.54. The van der Waals surface area contributed by atoms with Crippen molar-refractivity contribution in [2.75, 3.05) is 0 Å². The largest absolute Gasteiger partial charge is 0.382 e. The van der Waals surface area contributed by atoms with E-state index < -0.39 is 17.7 Å². The first-order valence-electron chi connectivity index (χ1n) is 11.6. The summed E-state index contributed by atoms with van der Waals surface area (Å²) in [5.74, 6) is 0.0290. The standard InChI is InChI=1S/C26H29ClF2N6O2/c1-6-9-30-20(21-7-10-31-24(33-21)26(4,5)37)8-11-34-17(3)13-19(22(27)23(34)36)16(2)12-18-14-32-35(15-18)25(28)29/h6-11,13-16,25,37H,12H2,1-5H3/b9-6+,11-8+,30-20-. The molecule has 0 radical (unpaired) electrons. The van der Waals surface area contributed by atoms with E-state index in [1.807, 2.05) is 13.8 Å². The highest BCUT2D eigenvalue weighted by molar-refractivity contribution is 6.31. The van der Waals surface area contributed by atoms with Gasteiger partial charge in [-0.3, -0.25) is 14.4 Å². The number of rotatable bonds is 9. The second-order valence-corrected chi connectivity index (χ2v) is 9.46. The van der Waals surface area contributed by atoms with Crippen molar-refractivity contribution in [1.29, 1.82) is 0 Å². The fourth-order valence-electron chi connectivity index (χ4n) is 3.63. The molecule has 3 aromatic rings. The lowest BCUT2D eigenvalue weighted by atomic mass is 9.95. The van der Waals surface area contributed by atoms with Gasteiger partial charge >= 0.3 is 6.55 Å². The molecule has 3 rings (SSSR count). The second-order valence-electron chi connectivity index (χ2n) is 9.08. The van der Waals surface area contributed by atoms with Crippen LogP contribution >= 0.6 is 11.6 Å². The number of alkyl halides is 2. The van der Waals surface area contributed by atoms with Crippen LogP contribution in [0.5, 0.6) is 0 Å². The molecule has 0 saturated carbocycles. The number of aromatic nitrogens is 5. The molecule has 1 unspecified atom stereocenters. The summed E-state index contributed by atoms with van der Waals surface area (Å²) in [6.45, 7) is 5.92. The van der Waals surface area contributed by atoms with E-state index in [0.29, 0.717) is 39.3 Å². The maximum atomic E-state index is 13.2. The Balaban J connectivity index is 1.94. The van der Waals surface area contributed by atoms with Gasteiger partial charge in [0.15, 0.2) is 5.82 Å². The zero-order valence-corrected chi connectivity index (χ0v) is 22.0. The normalized spacial score (nSPS) is 13.8. The van der Waals surface area contributed by atoms with Crippen LogP contribution in [0.15, 0.2) is 58.9 Å². The molecule has 196 valence electrons. The maximum absolute atomic E-state index is 13.2. The van der Waals surface area contributed by atoms with Crippen LogP contribution in [-0.4, -0.2) is 35.1 Å². The first kappa shape index (κ1) is 28.1. The Morgan fingerprint density at radius 3 is 2.70 bits per heavy atom. The van der Waals surface area contributed by atoms with Gasteiger partial charge in [-0.2, -0.15) is 13.9 Å². The summed E-state index contributed by atoms with van der Waals surface area (Å²) in [6, 6.07) is 3.46. The summed E-state index contributed by atoms with van der Waals surface area (Å²) in [4.78, 5) is 26.1. The predicted octanol–water partition coefficient (Wildman–Crippen LogP) is 5.26. The van der Waals surface area contributed by atoms with Gasteiger partial charge in [-0.25, -0.2) is 14.6 Å². The molecule has 0 amide bonds. The van der Waals surface area contributed by atoms with E-state index in [4.69, 9.17) is 11.6 Å². The van der Waals surface area contributed by atoms with Gasteiger partial charge in [0, 0.05) is 30.5 Å². The van der Waals surface area contributed by atoms with E-state index in [1.165, 1.54) is 23.2 Å². The van der Waals surface area contributed by atoms with E-state index >= 15 is 0 Å². The molecule has 3 aromatic heterocycles. The molecule has 11 heteroatoms. The quantitative estimate of drug-likeness (QED) is 0.381. The lowest BCUT2D eigenvalue weighted by Crippen LogP contribution is -2.22. The lowest BCUT2D eigenvalue weighted by Gasteiger charge is -2.16. The molecule has 3 heterocycles. The minimum Gasteiger partial charge on any atom is -0.382 e. The van der Waals surface area contributed by atoms with Gasteiger partial charge in [0.1, 0.15) is 10.6 Å². The molecular weight excluding hydrogens is 502 g/mol. The van der Waals surface area contributed by atoms with Crippen LogP contribution < -0.4 is 5.56 Å². The van der Waals surface area contributed by atoms with E-state index in [2.05, 4.69) is 20.1 Å². The molecule has 37 heavy (non-hydrogen) atoms. The monoisotopic (exact) mass is 530 g/mol. The molecule has 8 nitrogen and oxygen atoms in total. The third-order valence-corrected chi connectivity index (χ3v) is 5.92. The van der Waals surface area contributed by atoms with Gasteiger partial charge in [-0.15, -0.1) is 0 Å². The number of aryl methyl sites for hydroxylation is 1. The summed E-state index contributed by atoms with van der Waals surface area (Å²) in [5.41, 5.74) is 1.11. The van der Waals surface area contributed by atoms with Crippen LogP contribution in [0.1, 0.15) is 68.5 Å². The topological polar surface area (TPSA) is 98.2 Å². The van der Waals surface area contributed by atoms with E-state index in [1.54, 1.807) is 57.5 Å². The van der Waals surface area contributed by atoms with Crippen molar-refractivity contribution >= 4 is 23.5 Å². The second kappa shape index (κ2) is 11.7. The number of pyridine rings is 1. The van der Waals surface area contributed by atoms with Gasteiger partial charge in [-0.05, 0) is 69.4 Å². The number of hydrogen-bond acceptors (Lipinski definition) is 6. The Hall–Kier alpha value is -3.50. The number of aliphatic hydroxyl groups is 1. The van der Waals surface area contributed by atoms with Crippen LogP contribution in [0.2, 0.25) is 5.02 Å².